The van der Waals surface area contributed by atoms with Gasteiger partial charge in [-0.05, 0) is 56.5 Å². The van der Waals surface area contributed by atoms with Crippen molar-refractivity contribution in [3.63, 3.8) is 0 Å². The van der Waals surface area contributed by atoms with Crippen LogP contribution in [0.3, 0.4) is 0 Å². The lowest BCUT2D eigenvalue weighted by molar-refractivity contribution is -0.120. The van der Waals surface area contributed by atoms with Crippen LogP contribution in [0.5, 0.6) is 0 Å². The fraction of sp³-hybridized carbons (Fsp3) is 0.348. The molecule has 0 radical (unpaired) electrons. The Kier molecular flexibility index (Phi) is 6.49. The molecule has 31 heavy (non-hydrogen) atoms. The summed E-state index contributed by atoms with van der Waals surface area (Å²) in [6.07, 6.45) is 4.55. The van der Waals surface area contributed by atoms with E-state index in [1.807, 2.05) is 38.2 Å². The van der Waals surface area contributed by atoms with Gasteiger partial charge in [-0.3, -0.25) is 4.79 Å². The van der Waals surface area contributed by atoms with Crippen LogP contribution in [0.25, 0.3) is 5.69 Å². The Morgan fingerprint density at radius 1 is 1.10 bits per heavy atom. The SMILES string of the molecule is Cc1nn(-c2ccc(Cl)c(Cl)c2)c(C)c1CC(=O)NCc1ccc(N2CCCC2)nc1. The molecule has 162 valence electrons. The lowest BCUT2D eigenvalue weighted by atomic mass is 10.1. The van der Waals surface area contributed by atoms with Gasteiger partial charge in [0.2, 0.25) is 5.91 Å². The van der Waals surface area contributed by atoms with E-state index in [9.17, 15) is 4.79 Å². The Bertz CT molecular complexity index is 1090. The normalized spacial score (nSPS) is 13.6. The number of anilines is 1. The maximum atomic E-state index is 12.6. The molecule has 1 aliphatic heterocycles. The zero-order valence-corrected chi connectivity index (χ0v) is 19.2. The molecule has 1 N–H and O–H groups in total. The van der Waals surface area contributed by atoms with Gasteiger partial charge >= 0.3 is 0 Å². The highest BCUT2D eigenvalue weighted by Crippen LogP contribution is 2.26. The summed E-state index contributed by atoms with van der Waals surface area (Å²) in [5.74, 6) is 0.956. The van der Waals surface area contributed by atoms with Crippen LogP contribution in [0.1, 0.15) is 35.4 Å². The molecule has 1 fully saturated rings. The van der Waals surface area contributed by atoms with E-state index in [4.69, 9.17) is 23.2 Å². The molecule has 1 aromatic carbocycles. The van der Waals surface area contributed by atoms with Crippen LogP contribution in [0.15, 0.2) is 36.5 Å². The molecule has 0 atom stereocenters. The van der Waals surface area contributed by atoms with E-state index in [1.54, 1.807) is 16.8 Å². The van der Waals surface area contributed by atoms with Crippen LogP contribution in [-0.2, 0) is 17.8 Å². The third kappa shape index (κ3) is 4.86. The Morgan fingerprint density at radius 3 is 2.55 bits per heavy atom. The van der Waals surface area contributed by atoms with E-state index in [2.05, 4.69) is 20.3 Å². The first-order valence-electron chi connectivity index (χ1n) is 10.4. The van der Waals surface area contributed by atoms with Crippen molar-refractivity contribution in [3.8, 4) is 5.69 Å². The van der Waals surface area contributed by atoms with Crippen molar-refractivity contribution in [1.29, 1.82) is 0 Å². The first-order chi connectivity index (χ1) is 14.9. The number of rotatable bonds is 6. The molecule has 0 bridgehead atoms. The van der Waals surface area contributed by atoms with Crippen molar-refractivity contribution < 1.29 is 4.79 Å². The van der Waals surface area contributed by atoms with Gasteiger partial charge in [0.25, 0.3) is 0 Å². The molecule has 0 saturated carbocycles. The number of halogens is 2. The van der Waals surface area contributed by atoms with Gasteiger partial charge in [0, 0.05) is 37.1 Å². The van der Waals surface area contributed by atoms with E-state index in [-0.39, 0.29) is 12.3 Å². The zero-order chi connectivity index (χ0) is 22.0. The van der Waals surface area contributed by atoms with Gasteiger partial charge < -0.3 is 10.2 Å². The second kappa shape index (κ2) is 9.28. The minimum Gasteiger partial charge on any atom is -0.357 e. The quantitative estimate of drug-likeness (QED) is 0.584. The highest BCUT2D eigenvalue weighted by molar-refractivity contribution is 6.42. The van der Waals surface area contributed by atoms with E-state index in [1.165, 1.54) is 12.8 Å². The molecule has 2 aromatic heterocycles. The largest absolute Gasteiger partial charge is 0.357 e. The number of aryl methyl sites for hydroxylation is 1. The monoisotopic (exact) mass is 457 g/mol. The van der Waals surface area contributed by atoms with Gasteiger partial charge in [0.05, 0.1) is 27.8 Å². The number of aromatic nitrogens is 3. The average molecular weight is 458 g/mol. The molecule has 4 rings (SSSR count). The summed E-state index contributed by atoms with van der Waals surface area (Å²) in [7, 11) is 0. The molecule has 1 amide bonds. The average Bonchev–Trinajstić information content (AvgIpc) is 3.39. The molecular formula is C23H25Cl2N5O. The van der Waals surface area contributed by atoms with E-state index >= 15 is 0 Å². The van der Waals surface area contributed by atoms with Crippen LogP contribution >= 0.6 is 23.2 Å². The Labute approximate surface area is 192 Å². The van der Waals surface area contributed by atoms with E-state index < -0.39 is 0 Å². The summed E-state index contributed by atoms with van der Waals surface area (Å²) >= 11 is 12.2. The molecule has 3 heterocycles. The lowest BCUT2D eigenvalue weighted by Gasteiger charge is -2.16. The van der Waals surface area contributed by atoms with Gasteiger partial charge in [0.15, 0.2) is 0 Å². The molecule has 3 aromatic rings. The highest BCUT2D eigenvalue weighted by atomic mass is 35.5. The van der Waals surface area contributed by atoms with E-state index in [0.717, 1.165) is 47.1 Å². The summed E-state index contributed by atoms with van der Waals surface area (Å²) in [6, 6.07) is 9.43. The van der Waals surface area contributed by atoms with Crippen LogP contribution in [0, 0.1) is 13.8 Å². The topological polar surface area (TPSA) is 63.1 Å². The Hall–Kier alpha value is -2.57. The van der Waals surface area contributed by atoms with Crippen LogP contribution < -0.4 is 10.2 Å². The molecule has 1 aliphatic rings. The Balaban J connectivity index is 1.39. The summed E-state index contributed by atoms with van der Waals surface area (Å²) in [5.41, 5.74) is 4.42. The maximum absolute atomic E-state index is 12.6. The van der Waals surface area contributed by atoms with Gasteiger partial charge in [0.1, 0.15) is 5.82 Å². The number of pyridine rings is 1. The molecule has 0 unspecified atom stereocenters. The maximum Gasteiger partial charge on any atom is 0.224 e. The van der Waals surface area contributed by atoms with E-state index in [0.29, 0.717) is 16.6 Å². The van der Waals surface area contributed by atoms with Crippen molar-refractivity contribution in [3.05, 3.63) is 69.1 Å². The van der Waals surface area contributed by atoms with Crippen molar-refractivity contribution in [1.82, 2.24) is 20.1 Å². The van der Waals surface area contributed by atoms with Gasteiger partial charge in [-0.25, -0.2) is 9.67 Å². The predicted octanol–water partition coefficient (Wildman–Crippen LogP) is 4.65. The second-order valence-electron chi connectivity index (χ2n) is 7.83. The van der Waals surface area contributed by atoms with Crippen molar-refractivity contribution >= 4 is 34.9 Å². The molecule has 1 saturated heterocycles. The lowest BCUT2D eigenvalue weighted by Crippen LogP contribution is -2.25. The summed E-state index contributed by atoms with van der Waals surface area (Å²) in [6.45, 7) is 6.44. The fourth-order valence-electron chi connectivity index (χ4n) is 3.88. The number of hydrogen-bond acceptors (Lipinski definition) is 4. The standard InChI is InChI=1S/C23H25Cl2N5O/c1-15-19(16(2)30(28-15)18-6-7-20(24)21(25)11-18)12-23(31)27-14-17-5-8-22(26-13-17)29-9-3-4-10-29/h5-8,11,13H,3-4,9-10,12,14H2,1-2H3,(H,27,31). The van der Waals surface area contributed by atoms with Crippen molar-refractivity contribution in [2.24, 2.45) is 0 Å². The number of amides is 1. The van der Waals surface area contributed by atoms with Gasteiger partial charge in [-0.15, -0.1) is 0 Å². The second-order valence-corrected chi connectivity index (χ2v) is 8.65. The third-order valence-corrected chi connectivity index (χ3v) is 6.39. The molecule has 6 nitrogen and oxygen atoms in total. The smallest absolute Gasteiger partial charge is 0.224 e. The van der Waals surface area contributed by atoms with Crippen LogP contribution in [0.4, 0.5) is 5.82 Å². The number of nitrogens with zero attached hydrogens (tertiary/aromatic N) is 4. The van der Waals surface area contributed by atoms with Crippen LogP contribution in [0.2, 0.25) is 10.0 Å². The predicted molar refractivity (Wildman–Crippen MR) is 124 cm³/mol. The molecule has 0 aliphatic carbocycles. The molecule has 8 heteroatoms. The summed E-state index contributed by atoms with van der Waals surface area (Å²) < 4.78 is 1.79. The zero-order valence-electron chi connectivity index (χ0n) is 17.7. The fourth-order valence-corrected chi connectivity index (χ4v) is 4.17. The third-order valence-electron chi connectivity index (χ3n) is 5.66. The number of hydrogen-bond donors (Lipinski definition) is 1. The minimum absolute atomic E-state index is 0.0523. The first-order valence-corrected chi connectivity index (χ1v) is 11.1. The number of carbonyl (C=O) groups is 1. The van der Waals surface area contributed by atoms with Crippen molar-refractivity contribution in [2.75, 3.05) is 18.0 Å². The highest BCUT2D eigenvalue weighted by Gasteiger charge is 2.17. The number of nitrogens with one attached hydrogen (secondary N) is 1. The number of benzene rings is 1. The van der Waals surface area contributed by atoms with Crippen LogP contribution in [-0.4, -0.2) is 33.8 Å². The molecule has 0 spiro atoms. The number of carbonyl (C=O) groups excluding carboxylic acids is 1. The Morgan fingerprint density at radius 2 is 1.87 bits per heavy atom. The van der Waals surface area contributed by atoms with Gasteiger partial charge in [-0.2, -0.15) is 5.10 Å². The minimum atomic E-state index is -0.0523. The van der Waals surface area contributed by atoms with Gasteiger partial charge in [-0.1, -0.05) is 29.3 Å². The first kappa shape index (κ1) is 21.7. The molecular weight excluding hydrogens is 433 g/mol. The summed E-state index contributed by atoms with van der Waals surface area (Å²) in [4.78, 5) is 19.4. The van der Waals surface area contributed by atoms with Crippen molar-refractivity contribution in [2.45, 2.75) is 39.7 Å². The summed E-state index contributed by atoms with van der Waals surface area (Å²) in [5, 5.41) is 8.54.